The third kappa shape index (κ3) is 11.7. The van der Waals surface area contributed by atoms with Crippen molar-refractivity contribution in [1.29, 1.82) is 0 Å². The van der Waals surface area contributed by atoms with Crippen LogP contribution in [0.5, 0.6) is 0 Å². The van der Waals surface area contributed by atoms with Crippen molar-refractivity contribution in [3.63, 3.8) is 0 Å². The van der Waals surface area contributed by atoms with Gasteiger partial charge in [0.1, 0.15) is 6.04 Å². The Bertz CT molecular complexity index is 1030. The molecule has 1 aliphatic rings. The Hall–Kier alpha value is -3.53. The molecule has 14 nitrogen and oxygen atoms in total. The first-order valence-electron chi connectivity index (χ1n) is 12.9. The van der Waals surface area contributed by atoms with Crippen LogP contribution in [-0.2, 0) is 20.8 Å². The SMILES string of the molecule is CNC(=S)Nc1ccc(CCC(C(=O)O)N2CCN(CC(=O)O)CCN(CC(=O)O)CCN(C(=O)O)CC2)cc1. The van der Waals surface area contributed by atoms with E-state index in [0.29, 0.717) is 11.5 Å². The molecule has 0 radical (unpaired) electrons. The fourth-order valence-electron chi connectivity index (χ4n) is 4.43. The van der Waals surface area contributed by atoms with E-state index in [-0.39, 0.29) is 71.9 Å². The van der Waals surface area contributed by atoms with Crippen LogP contribution in [0.1, 0.15) is 12.0 Å². The van der Waals surface area contributed by atoms with Crippen molar-refractivity contribution < 1.29 is 39.6 Å². The van der Waals surface area contributed by atoms with Gasteiger partial charge in [0.05, 0.1) is 13.1 Å². The zero-order valence-corrected chi connectivity index (χ0v) is 23.3. The number of benzene rings is 1. The number of thiocarbonyl (C=S) groups is 1. The largest absolute Gasteiger partial charge is 0.480 e. The number of carboxylic acid groups (broad SMARTS) is 4. The zero-order chi connectivity index (χ0) is 29.7. The molecule has 1 heterocycles. The average molecular weight is 583 g/mol. The van der Waals surface area contributed by atoms with E-state index in [1.807, 2.05) is 24.3 Å². The van der Waals surface area contributed by atoms with Gasteiger partial charge in [0.2, 0.25) is 0 Å². The van der Waals surface area contributed by atoms with E-state index in [1.165, 1.54) is 0 Å². The molecule has 1 aliphatic heterocycles. The highest BCUT2D eigenvalue weighted by Crippen LogP contribution is 2.15. The minimum absolute atomic E-state index is 0.0185. The van der Waals surface area contributed by atoms with Crippen LogP contribution in [0.4, 0.5) is 10.5 Å². The molecule has 0 bridgehead atoms. The summed E-state index contributed by atoms with van der Waals surface area (Å²) in [5.41, 5.74) is 1.70. The van der Waals surface area contributed by atoms with Crippen LogP contribution in [-0.4, -0.2) is 148 Å². The lowest BCUT2D eigenvalue weighted by Crippen LogP contribution is -2.52. The number of rotatable bonds is 10. The fourth-order valence-corrected chi connectivity index (χ4v) is 4.54. The Morgan fingerprint density at radius 2 is 1.32 bits per heavy atom. The maximum atomic E-state index is 12.4. The van der Waals surface area contributed by atoms with E-state index < -0.39 is 30.0 Å². The second kappa shape index (κ2) is 16.5. The van der Waals surface area contributed by atoms with Gasteiger partial charge in [-0.1, -0.05) is 12.1 Å². The van der Waals surface area contributed by atoms with Gasteiger partial charge in [-0.05, 0) is 42.8 Å². The molecule has 1 aromatic carbocycles. The maximum absolute atomic E-state index is 12.4. The standard InChI is InChI=1S/C25H38N6O8S/c1-26-24(40)27-19-5-2-18(3-6-19)4-7-20(23(36)37)30-12-10-28(16-21(32)33)8-9-29(17-22(34)35)11-13-31(15-14-30)25(38)39/h2-3,5-6,20H,4,7-17H2,1H3,(H,32,33)(H,34,35)(H,36,37)(H,38,39)(H2,26,27,40). The number of carbonyl (C=O) groups is 4. The Morgan fingerprint density at radius 3 is 1.82 bits per heavy atom. The molecule has 0 aliphatic carbocycles. The van der Waals surface area contributed by atoms with Gasteiger partial charge in [-0.15, -0.1) is 0 Å². The van der Waals surface area contributed by atoms with Crippen molar-refractivity contribution in [3.05, 3.63) is 29.8 Å². The molecule has 1 unspecified atom stereocenters. The van der Waals surface area contributed by atoms with Crippen LogP contribution < -0.4 is 10.6 Å². The quantitative estimate of drug-likeness (QED) is 0.203. The molecule has 15 heteroatoms. The molecule has 222 valence electrons. The Morgan fingerprint density at radius 1 is 0.825 bits per heavy atom. The highest BCUT2D eigenvalue weighted by molar-refractivity contribution is 7.80. The summed E-state index contributed by atoms with van der Waals surface area (Å²) in [5.74, 6) is -3.17. The summed E-state index contributed by atoms with van der Waals surface area (Å²) in [5, 5.41) is 44.7. The molecule has 1 fully saturated rings. The van der Waals surface area contributed by atoms with E-state index in [4.69, 9.17) is 12.2 Å². The van der Waals surface area contributed by atoms with E-state index >= 15 is 0 Å². The van der Waals surface area contributed by atoms with E-state index in [9.17, 15) is 39.6 Å². The third-order valence-electron chi connectivity index (χ3n) is 6.64. The first-order chi connectivity index (χ1) is 19.0. The summed E-state index contributed by atoms with van der Waals surface area (Å²) in [6.45, 7) is 0.589. The number of hydrogen-bond acceptors (Lipinski definition) is 8. The highest BCUT2D eigenvalue weighted by atomic mass is 32.1. The van der Waals surface area contributed by atoms with E-state index in [2.05, 4.69) is 10.6 Å². The number of hydrogen-bond donors (Lipinski definition) is 6. The molecule has 1 atom stereocenters. The predicted octanol–water partition coefficient (Wildman–Crippen LogP) is 0.0574. The van der Waals surface area contributed by atoms with Crippen molar-refractivity contribution in [2.24, 2.45) is 0 Å². The Balaban J connectivity index is 2.19. The molecule has 0 saturated carbocycles. The minimum atomic E-state index is -1.18. The molecule has 0 aromatic heterocycles. The molecule has 40 heavy (non-hydrogen) atoms. The molecule has 1 saturated heterocycles. The van der Waals surface area contributed by atoms with Crippen molar-refractivity contribution in [2.75, 3.05) is 77.8 Å². The zero-order valence-electron chi connectivity index (χ0n) is 22.5. The van der Waals surface area contributed by atoms with Crippen molar-refractivity contribution in [1.82, 2.24) is 24.9 Å². The van der Waals surface area contributed by atoms with Crippen LogP contribution in [0.3, 0.4) is 0 Å². The number of aliphatic carboxylic acids is 3. The highest BCUT2D eigenvalue weighted by Gasteiger charge is 2.28. The van der Waals surface area contributed by atoms with Gasteiger partial charge >= 0.3 is 24.0 Å². The third-order valence-corrected chi connectivity index (χ3v) is 6.94. The van der Waals surface area contributed by atoms with Crippen LogP contribution in [0, 0.1) is 0 Å². The summed E-state index contributed by atoms with van der Waals surface area (Å²) < 4.78 is 0. The van der Waals surface area contributed by atoms with Crippen molar-refractivity contribution in [3.8, 4) is 0 Å². The lowest BCUT2D eigenvalue weighted by atomic mass is 10.0. The van der Waals surface area contributed by atoms with Gasteiger partial charge in [-0.3, -0.25) is 29.1 Å². The van der Waals surface area contributed by atoms with Crippen LogP contribution in [0.2, 0.25) is 0 Å². The number of amides is 1. The summed E-state index contributed by atoms with van der Waals surface area (Å²) in [6.07, 6.45) is -0.469. The smallest absolute Gasteiger partial charge is 0.407 e. The molecule has 0 spiro atoms. The Labute approximate surface area is 238 Å². The molecular formula is C25H38N6O8S. The topological polar surface area (TPSA) is 186 Å². The fraction of sp³-hybridized carbons (Fsp3) is 0.560. The van der Waals surface area contributed by atoms with Crippen molar-refractivity contribution >= 4 is 47.0 Å². The molecular weight excluding hydrogens is 544 g/mol. The Kier molecular flexibility index (Phi) is 13.5. The van der Waals surface area contributed by atoms with Gasteiger partial charge in [0.15, 0.2) is 5.11 Å². The van der Waals surface area contributed by atoms with Gasteiger partial charge in [-0.25, -0.2) is 4.79 Å². The van der Waals surface area contributed by atoms with Crippen LogP contribution in [0.15, 0.2) is 24.3 Å². The second-order valence-electron chi connectivity index (χ2n) is 9.44. The van der Waals surface area contributed by atoms with E-state index in [1.54, 1.807) is 21.7 Å². The lowest BCUT2D eigenvalue weighted by molar-refractivity contribution is -0.144. The van der Waals surface area contributed by atoms with Crippen LogP contribution in [0.25, 0.3) is 0 Å². The lowest BCUT2D eigenvalue weighted by Gasteiger charge is -2.35. The molecule has 1 aromatic rings. The normalized spacial score (nSPS) is 17.2. The second-order valence-corrected chi connectivity index (χ2v) is 9.85. The minimum Gasteiger partial charge on any atom is -0.480 e. The monoisotopic (exact) mass is 582 g/mol. The number of nitrogens with one attached hydrogen (secondary N) is 2. The van der Waals surface area contributed by atoms with Gasteiger partial charge < -0.3 is 36.0 Å². The predicted molar refractivity (Wildman–Crippen MR) is 151 cm³/mol. The summed E-state index contributed by atoms with van der Waals surface area (Å²) in [7, 11) is 1.71. The van der Waals surface area contributed by atoms with Gasteiger partial charge in [0, 0.05) is 65.1 Å². The van der Waals surface area contributed by atoms with E-state index in [0.717, 1.165) is 16.2 Å². The number of nitrogens with zero attached hydrogens (tertiary/aromatic N) is 4. The van der Waals surface area contributed by atoms with Crippen molar-refractivity contribution in [2.45, 2.75) is 18.9 Å². The first-order valence-corrected chi connectivity index (χ1v) is 13.3. The first kappa shape index (κ1) is 32.7. The van der Waals surface area contributed by atoms with Gasteiger partial charge in [-0.2, -0.15) is 0 Å². The number of anilines is 1. The molecule has 2 rings (SSSR count). The number of aryl methyl sites for hydroxylation is 1. The van der Waals surface area contributed by atoms with Crippen LogP contribution >= 0.6 is 12.2 Å². The number of carboxylic acids is 3. The molecule has 1 amide bonds. The van der Waals surface area contributed by atoms with Gasteiger partial charge in [0.25, 0.3) is 0 Å². The summed E-state index contributed by atoms with van der Waals surface area (Å²) >= 11 is 5.09. The molecule has 6 N–H and O–H groups in total. The summed E-state index contributed by atoms with van der Waals surface area (Å²) in [4.78, 5) is 53.0. The maximum Gasteiger partial charge on any atom is 0.407 e. The summed E-state index contributed by atoms with van der Waals surface area (Å²) in [6, 6.07) is 6.50. The average Bonchev–Trinajstić information content (AvgIpc) is 2.88.